The van der Waals surface area contributed by atoms with Gasteiger partial charge in [0.1, 0.15) is 29.5 Å². The molecular weight excluding hydrogens is 843 g/mol. The lowest BCUT2D eigenvalue weighted by atomic mass is 9.77. The molecule has 1 amide bonds. The minimum Gasteiger partial charge on any atom is -0.459 e. The minimum atomic E-state index is -1.97. The lowest BCUT2D eigenvalue weighted by Crippen LogP contribution is -2.61. The van der Waals surface area contributed by atoms with Gasteiger partial charge in [-0.1, -0.05) is 34.6 Å². The molecule has 4 aliphatic rings. The molecule has 0 bridgehead atoms. The highest BCUT2D eigenvalue weighted by atomic mass is 16.7. The molecule has 17 heteroatoms. The average molecular weight is 930 g/mol. The van der Waals surface area contributed by atoms with Crippen LogP contribution < -0.4 is 5.32 Å². The largest absolute Gasteiger partial charge is 0.459 e. The molecule has 4 fully saturated rings. The van der Waals surface area contributed by atoms with Crippen LogP contribution in [-0.2, 0) is 52.3 Å². The van der Waals surface area contributed by atoms with Crippen LogP contribution in [0.1, 0.15) is 122 Å². The van der Waals surface area contributed by atoms with E-state index in [1.807, 2.05) is 39.8 Å². The molecule has 0 aliphatic carbocycles. The molecule has 0 saturated carbocycles. The zero-order valence-electron chi connectivity index (χ0n) is 42.4. The van der Waals surface area contributed by atoms with E-state index in [0.717, 1.165) is 13.1 Å². The minimum absolute atomic E-state index is 0.0870. The van der Waals surface area contributed by atoms with Gasteiger partial charge in [-0.2, -0.15) is 0 Å². The van der Waals surface area contributed by atoms with Gasteiger partial charge in [-0.15, -0.1) is 0 Å². The van der Waals surface area contributed by atoms with E-state index < -0.39 is 108 Å². The highest BCUT2D eigenvalue weighted by Gasteiger charge is 2.54. The number of likely N-dealkylation sites (N-methyl/N-ethyl adjacent to an activating group) is 1. The maximum atomic E-state index is 14.5. The molecule has 20 atom stereocenters. The summed E-state index contributed by atoms with van der Waals surface area (Å²) in [5.74, 6) is -2.93. The Balaban J connectivity index is 1.75. The number of esters is 2. The summed E-state index contributed by atoms with van der Waals surface area (Å²) in [6.07, 6.45) is -7.53. The Kier molecular flexibility index (Phi) is 19.7. The van der Waals surface area contributed by atoms with Crippen LogP contribution in [0.5, 0.6) is 0 Å². The Morgan fingerprint density at radius 1 is 0.877 bits per heavy atom. The topological polar surface area (TPSA) is 204 Å². The number of ether oxygens (including phenoxy) is 8. The molecular formula is C48H87N3O14. The van der Waals surface area contributed by atoms with Crippen LogP contribution in [0, 0.1) is 29.6 Å². The van der Waals surface area contributed by atoms with Gasteiger partial charge in [0, 0.05) is 58.2 Å². The fourth-order valence-electron chi connectivity index (χ4n) is 11.1. The summed E-state index contributed by atoms with van der Waals surface area (Å²) in [4.78, 5) is 46.1. The van der Waals surface area contributed by atoms with Crippen molar-refractivity contribution in [3.05, 3.63) is 0 Å². The SMILES string of the molecule is CC[C@H]1OC(=O)[C@H](C)[C@@H](O[C@H]2C[C@@](C)(OC)[C@@H](OC(=O)CCN3CC(C)CC(C)C3)[C@H](C)O2)[C@H](C)[C@@H](O[C@@H]2O[C@H](C)C[C@H](N(C)C)[C@H]2O)[C@](C)(OC)C[C@@H](C)C(=O)N[C@H](C)[C@@H](O)[C@]1(C)O. The van der Waals surface area contributed by atoms with Crippen molar-refractivity contribution >= 4 is 17.8 Å². The Hall–Kier alpha value is -2.03. The molecule has 378 valence electrons. The molecule has 0 aromatic heterocycles. The monoisotopic (exact) mass is 930 g/mol. The van der Waals surface area contributed by atoms with Crippen LogP contribution in [0.4, 0.5) is 0 Å². The van der Waals surface area contributed by atoms with E-state index >= 15 is 0 Å². The first-order valence-electron chi connectivity index (χ1n) is 24.1. The summed E-state index contributed by atoms with van der Waals surface area (Å²) >= 11 is 0. The number of piperidine rings is 1. The number of likely N-dealkylation sites (tertiary alicyclic amines) is 1. The Labute approximate surface area is 389 Å². The average Bonchev–Trinajstić information content (AvgIpc) is 3.23. The van der Waals surface area contributed by atoms with E-state index in [4.69, 9.17) is 37.9 Å². The van der Waals surface area contributed by atoms with Crippen molar-refractivity contribution in [2.45, 2.75) is 212 Å². The van der Waals surface area contributed by atoms with E-state index in [-0.39, 0.29) is 43.8 Å². The maximum absolute atomic E-state index is 14.5. The summed E-state index contributed by atoms with van der Waals surface area (Å²) < 4.78 is 51.4. The number of nitrogens with one attached hydrogen (secondary N) is 1. The molecule has 4 heterocycles. The zero-order valence-corrected chi connectivity index (χ0v) is 42.4. The number of carbonyl (C=O) groups excluding carboxylic acids is 3. The van der Waals surface area contributed by atoms with Crippen LogP contribution in [0.2, 0.25) is 0 Å². The molecule has 65 heavy (non-hydrogen) atoms. The fraction of sp³-hybridized carbons (Fsp3) is 0.938. The van der Waals surface area contributed by atoms with Gasteiger partial charge >= 0.3 is 11.9 Å². The number of methoxy groups -OCH3 is 2. The first-order chi connectivity index (χ1) is 30.2. The van der Waals surface area contributed by atoms with Crippen molar-refractivity contribution in [3.63, 3.8) is 0 Å². The third-order valence-corrected chi connectivity index (χ3v) is 14.9. The van der Waals surface area contributed by atoms with Gasteiger partial charge in [0.25, 0.3) is 0 Å². The number of rotatable bonds is 12. The summed E-state index contributed by atoms with van der Waals surface area (Å²) in [6.45, 7) is 24.2. The van der Waals surface area contributed by atoms with Crippen LogP contribution >= 0.6 is 0 Å². The molecule has 4 aliphatic heterocycles. The maximum Gasteiger partial charge on any atom is 0.311 e. The third-order valence-electron chi connectivity index (χ3n) is 14.9. The first kappa shape index (κ1) is 55.6. The van der Waals surface area contributed by atoms with Crippen LogP contribution in [-0.4, -0.2) is 181 Å². The Morgan fingerprint density at radius 2 is 1.48 bits per heavy atom. The zero-order chi connectivity index (χ0) is 48.9. The Bertz CT molecular complexity index is 1550. The number of aliphatic hydroxyl groups excluding tert-OH is 2. The molecule has 4 N–H and O–H groups in total. The van der Waals surface area contributed by atoms with Crippen molar-refractivity contribution in [1.82, 2.24) is 15.1 Å². The number of hydrogen-bond donors (Lipinski definition) is 4. The second-order valence-electron chi connectivity index (χ2n) is 21.2. The number of nitrogens with zero attached hydrogens (tertiary/aromatic N) is 2. The second-order valence-corrected chi connectivity index (χ2v) is 21.2. The second kappa shape index (κ2) is 23.1. The van der Waals surface area contributed by atoms with E-state index in [1.165, 1.54) is 20.5 Å². The summed E-state index contributed by atoms with van der Waals surface area (Å²) in [5.41, 5.74) is -4.33. The fourth-order valence-corrected chi connectivity index (χ4v) is 11.1. The number of carbonyl (C=O) groups is 3. The van der Waals surface area contributed by atoms with Crippen molar-refractivity contribution < 1.29 is 67.6 Å². The first-order valence-corrected chi connectivity index (χ1v) is 24.1. The van der Waals surface area contributed by atoms with Crippen molar-refractivity contribution in [3.8, 4) is 0 Å². The highest BCUT2D eigenvalue weighted by Crippen LogP contribution is 2.42. The predicted octanol–water partition coefficient (Wildman–Crippen LogP) is 3.66. The van der Waals surface area contributed by atoms with Gasteiger partial charge in [-0.05, 0) is 100 Å². The van der Waals surface area contributed by atoms with Crippen LogP contribution in [0.25, 0.3) is 0 Å². The lowest BCUT2D eigenvalue weighted by Gasteiger charge is -2.49. The number of hydrogen-bond acceptors (Lipinski definition) is 16. The lowest BCUT2D eigenvalue weighted by molar-refractivity contribution is -0.320. The van der Waals surface area contributed by atoms with Gasteiger partial charge in [0.15, 0.2) is 18.7 Å². The van der Waals surface area contributed by atoms with Crippen molar-refractivity contribution in [2.75, 3.05) is 47.9 Å². The summed E-state index contributed by atoms with van der Waals surface area (Å²) in [7, 11) is 6.82. The van der Waals surface area contributed by atoms with Gasteiger partial charge in [-0.25, -0.2) is 0 Å². The smallest absolute Gasteiger partial charge is 0.311 e. The van der Waals surface area contributed by atoms with E-state index in [9.17, 15) is 29.7 Å². The molecule has 0 spiro atoms. The van der Waals surface area contributed by atoms with Gasteiger partial charge in [0.2, 0.25) is 5.91 Å². The van der Waals surface area contributed by atoms with Gasteiger partial charge in [0.05, 0.1) is 48.4 Å². The Morgan fingerprint density at radius 3 is 2.05 bits per heavy atom. The number of aliphatic hydroxyl groups is 3. The van der Waals surface area contributed by atoms with Crippen LogP contribution in [0.15, 0.2) is 0 Å². The van der Waals surface area contributed by atoms with Crippen LogP contribution in [0.3, 0.4) is 0 Å². The molecule has 4 saturated heterocycles. The summed E-state index contributed by atoms with van der Waals surface area (Å²) in [6, 6.07) is -1.25. The standard InChI is InChI=1S/C48H87N3O14/c1-17-35-48(12,57)40(54)32(8)49-43(55)28(4)22-46(10,58-15)41(65-45-38(53)34(50(13)14)21-29(5)60-45)30(6)39(31(7)44(56)62-35)64-37-23-47(11,59-16)42(33(9)61-37)63-36(52)18-19-51-24-26(2)20-27(3)25-51/h26-35,37-42,45,53-54,57H,17-25H2,1-16H3,(H,49,55)/t26?,27?,28-,29-,30+,31-,32-,33+,34+,35-,37+,38-,39+,40-,41-,42+,45+,46-,47-,48-/m1/s1. The molecule has 2 unspecified atom stereocenters. The third kappa shape index (κ3) is 13.4. The van der Waals surface area contributed by atoms with E-state index in [0.29, 0.717) is 24.8 Å². The van der Waals surface area contributed by atoms with Gasteiger partial charge in [-0.3, -0.25) is 14.4 Å². The number of cyclic esters (lactones) is 1. The molecule has 4 rings (SSSR count). The number of amides is 1. The predicted molar refractivity (Wildman–Crippen MR) is 242 cm³/mol. The normalized spacial score (nSPS) is 45.6. The van der Waals surface area contributed by atoms with E-state index in [1.54, 1.807) is 48.7 Å². The molecule has 0 radical (unpaired) electrons. The van der Waals surface area contributed by atoms with Crippen molar-refractivity contribution in [1.29, 1.82) is 0 Å². The summed E-state index contributed by atoms with van der Waals surface area (Å²) in [5, 5.41) is 37.9. The highest BCUT2D eigenvalue weighted by molar-refractivity contribution is 5.78. The quantitative estimate of drug-likeness (QED) is 0.206. The molecule has 0 aromatic rings. The molecule has 17 nitrogen and oxygen atoms in total. The van der Waals surface area contributed by atoms with Gasteiger partial charge < -0.3 is 68.3 Å². The van der Waals surface area contributed by atoms with E-state index in [2.05, 4.69) is 24.1 Å². The molecule has 0 aromatic carbocycles. The van der Waals surface area contributed by atoms with Crippen molar-refractivity contribution in [2.24, 2.45) is 29.6 Å².